The largest absolute Gasteiger partial charge is 0.313 e. The molecule has 1 aliphatic rings. The minimum absolute atomic E-state index is 0.0958. The number of hydrogen-bond donors (Lipinski definition) is 2. The van der Waals surface area contributed by atoms with E-state index in [0.29, 0.717) is 19.1 Å². The fraction of sp³-hybridized carbons (Fsp3) is 1.00. The molecule has 0 aliphatic carbocycles. The second-order valence-corrected chi connectivity index (χ2v) is 8.76. The lowest BCUT2D eigenvalue weighted by Crippen LogP contribution is -2.40. The molecule has 0 spiro atoms. The topological polar surface area (TPSA) is 58.2 Å². The normalized spacial score (nSPS) is 25.6. The van der Waals surface area contributed by atoms with Crippen molar-refractivity contribution in [2.24, 2.45) is 0 Å². The Labute approximate surface area is 109 Å². The summed E-state index contributed by atoms with van der Waals surface area (Å²) in [7, 11) is -3.13. The van der Waals surface area contributed by atoms with E-state index in [1.807, 2.05) is 25.6 Å². The molecule has 0 amide bonds. The van der Waals surface area contributed by atoms with Gasteiger partial charge >= 0.3 is 0 Å². The molecule has 1 atom stereocenters. The van der Waals surface area contributed by atoms with Crippen LogP contribution in [0.4, 0.5) is 0 Å². The summed E-state index contributed by atoms with van der Waals surface area (Å²) < 4.78 is 26.3. The Morgan fingerprint density at radius 1 is 1.41 bits per heavy atom. The second kappa shape index (κ2) is 6.41. The van der Waals surface area contributed by atoms with E-state index in [9.17, 15) is 8.42 Å². The molecule has 0 bridgehead atoms. The minimum atomic E-state index is -3.13. The average molecular weight is 280 g/mol. The Hall–Kier alpha value is 0.220. The van der Waals surface area contributed by atoms with Gasteiger partial charge < -0.3 is 5.32 Å². The van der Waals surface area contributed by atoms with E-state index in [4.69, 9.17) is 0 Å². The fourth-order valence-electron chi connectivity index (χ4n) is 1.79. The smallest absolute Gasteiger partial charge is 0.212 e. The lowest BCUT2D eigenvalue weighted by atomic mass is 10.1. The van der Waals surface area contributed by atoms with Crippen molar-refractivity contribution in [3.05, 3.63) is 0 Å². The molecule has 0 aromatic carbocycles. The minimum Gasteiger partial charge on any atom is -0.313 e. The summed E-state index contributed by atoms with van der Waals surface area (Å²) >= 11 is 1.87. The third-order valence-electron chi connectivity index (χ3n) is 2.89. The van der Waals surface area contributed by atoms with Crippen LogP contribution in [0.25, 0.3) is 0 Å². The van der Waals surface area contributed by atoms with Crippen molar-refractivity contribution < 1.29 is 8.42 Å². The molecule has 4 nitrogen and oxygen atoms in total. The first-order valence-corrected chi connectivity index (χ1v) is 8.81. The first-order chi connectivity index (χ1) is 7.83. The molecule has 1 heterocycles. The molecule has 1 aliphatic heterocycles. The Bertz CT molecular complexity index is 322. The van der Waals surface area contributed by atoms with Crippen molar-refractivity contribution >= 4 is 21.8 Å². The first-order valence-electron chi connectivity index (χ1n) is 6.18. The Morgan fingerprint density at radius 2 is 2.12 bits per heavy atom. The average Bonchev–Trinajstić information content (AvgIpc) is 2.63. The zero-order valence-corrected chi connectivity index (χ0v) is 12.6. The van der Waals surface area contributed by atoms with Crippen molar-refractivity contribution in [2.75, 3.05) is 24.6 Å². The highest BCUT2D eigenvalue weighted by Crippen LogP contribution is 2.37. The molecule has 17 heavy (non-hydrogen) atoms. The van der Waals surface area contributed by atoms with Gasteiger partial charge in [0.15, 0.2) is 0 Å². The van der Waals surface area contributed by atoms with Crippen LogP contribution >= 0.6 is 11.8 Å². The zero-order valence-electron chi connectivity index (χ0n) is 11.0. The molecule has 0 radical (unpaired) electrons. The highest BCUT2D eigenvalue weighted by atomic mass is 32.2. The maximum Gasteiger partial charge on any atom is 0.212 e. The van der Waals surface area contributed by atoms with Crippen LogP contribution in [0.15, 0.2) is 0 Å². The molecule has 0 aromatic heterocycles. The van der Waals surface area contributed by atoms with Crippen molar-refractivity contribution in [1.82, 2.24) is 10.0 Å². The molecule has 0 aromatic rings. The van der Waals surface area contributed by atoms with Gasteiger partial charge in [0, 0.05) is 23.9 Å². The molecule has 2 N–H and O–H groups in total. The maximum atomic E-state index is 11.8. The van der Waals surface area contributed by atoms with Crippen LogP contribution < -0.4 is 10.0 Å². The Kier molecular flexibility index (Phi) is 5.76. The van der Waals surface area contributed by atoms with Crippen LogP contribution in [0, 0.1) is 0 Å². The van der Waals surface area contributed by atoms with E-state index >= 15 is 0 Å². The van der Waals surface area contributed by atoms with E-state index in [1.165, 1.54) is 6.42 Å². The van der Waals surface area contributed by atoms with Gasteiger partial charge in [-0.15, -0.1) is 0 Å². The van der Waals surface area contributed by atoms with Gasteiger partial charge in [0.1, 0.15) is 0 Å². The van der Waals surface area contributed by atoms with Gasteiger partial charge in [-0.1, -0.05) is 13.8 Å². The summed E-state index contributed by atoms with van der Waals surface area (Å²) in [5, 5.41) is 3.11. The van der Waals surface area contributed by atoms with Crippen molar-refractivity contribution in [3.63, 3.8) is 0 Å². The van der Waals surface area contributed by atoms with Gasteiger partial charge in [-0.25, -0.2) is 13.1 Å². The first kappa shape index (κ1) is 15.3. The molecule has 1 unspecified atom stereocenters. The Morgan fingerprint density at radius 3 is 2.65 bits per heavy atom. The van der Waals surface area contributed by atoms with Crippen molar-refractivity contribution in [2.45, 2.75) is 44.4 Å². The van der Waals surface area contributed by atoms with Crippen LogP contribution in [0.3, 0.4) is 0 Å². The molecular weight excluding hydrogens is 256 g/mol. The van der Waals surface area contributed by atoms with Crippen molar-refractivity contribution in [1.29, 1.82) is 0 Å². The lowest BCUT2D eigenvalue weighted by Gasteiger charge is -2.22. The van der Waals surface area contributed by atoms with E-state index in [1.54, 1.807) is 0 Å². The predicted molar refractivity (Wildman–Crippen MR) is 75.0 cm³/mol. The molecule has 6 heteroatoms. The number of nitrogens with one attached hydrogen (secondary N) is 2. The quantitative estimate of drug-likeness (QED) is 0.735. The molecule has 102 valence electrons. The van der Waals surface area contributed by atoms with Crippen LogP contribution in [0.5, 0.6) is 0 Å². The van der Waals surface area contributed by atoms with Crippen molar-refractivity contribution in [3.8, 4) is 0 Å². The van der Waals surface area contributed by atoms with Gasteiger partial charge in [0.2, 0.25) is 10.0 Å². The molecule has 0 saturated carbocycles. The van der Waals surface area contributed by atoms with Crippen LogP contribution in [-0.2, 0) is 10.0 Å². The van der Waals surface area contributed by atoms with Gasteiger partial charge in [-0.3, -0.25) is 0 Å². The third-order valence-corrected chi connectivity index (χ3v) is 5.75. The lowest BCUT2D eigenvalue weighted by molar-refractivity contribution is 0.545. The van der Waals surface area contributed by atoms with Gasteiger partial charge in [-0.2, -0.15) is 11.8 Å². The number of sulfonamides is 1. The summed E-state index contributed by atoms with van der Waals surface area (Å²) in [5.74, 6) is 1.30. The van der Waals surface area contributed by atoms with E-state index < -0.39 is 10.0 Å². The van der Waals surface area contributed by atoms with Crippen LogP contribution in [0.1, 0.15) is 33.6 Å². The summed E-state index contributed by atoms with van der Waals surface area (Å²) in [6.07, 6.45) is 2.29. The predicted octanol–water partition coefficient (Wildman–Crippen LogP) is 1.19. The summed E-state index contributed by atoms with van der Waals surface area (Å²) in [4.78, 5) is 0. The third kappa shape index (κ3) is 6.08. The van der Waals surface area contributed by atoms with E-state index in [0.717, 1.165) is 12.2 Å². The maximum absolute atomic E-state index is 11.8. The zero-order chi connectivity index (χ0) is 12.9. The molecule has 1 saturated heterocycles. The number of hydrogen-bond acceptors (Lipinski definition) is 4. The molecule has 1 fully saturated rings. The number of thioether (sulfide) groups is 1. The van der Waals surface area contributed by atoms with E-state index in [2.05, 4.69) is 17.0 Å². The van der Waals surface area contributed by atoms with E-state index in [-0.39, 0.29) is 10.5 Å². The molecular formula is C11H24N2O2S2. The highest BCUT2D eigenvalue weighted by Gasteiger charge is 2.30. The summed E-state index contributed by atoms with van der Waals surface area (Å²) in [6, 6.07) is 0.327. The standard InChI is InChI=1S/C11H24N2O2S2/c1-10(2)12-6-8-17(14,15)13-9-11(3)5-4-7-16-11/h10,12-13H,4-9H2,1-3H3. The van der Waals surface area contributed by atoms with Crippen LogP contribution in [0.2, 0.25) is 0 Å². The van der Waals surface area contributed by atoms with Gasteiger partial charge in [-0.05, 0) is 25.5 Å². The highest BCUT2D eigenvalue weighted by molar-refractivity contribution is 8.01. The summed E-state index contributed by atoms with van der Waals surface area (Å²) in [5.41, 5.74) is 0. The van der Waals surface area contributed by atoms with Crippen LogP contribution in [-0.4, -0.2) is 43.8 Å². The fourth-order valence-corrected chi connectivity index (χ4v) is 4.20. The SMILES string of the molecule is CC(C)NCCS(=O)(=O)NCC1(C)CCCS1. The van der Waals surface area contributed by atoms with Gasteiger partial charge in [0.05, 0.1) is 5.75 Å². The number of rotatable bonds is 7. The Balaban J connectivity index is 2.29. The monoisotopic (exact) mass is 280 g/mol. The van der Waals surface area contributed by atoms with Gasteiger partial charge in [0.25, 0.3) is 0 Å². The summed E-state index contributed by atoms with van der Waals surface area (Å²) in [6.45, 7) is 7.23. The second-order valence-electron chi connectivity index (χ2n) is 5.15. The molecule has 1 rings (SSSR count).